The molecule has 0 fully saturated rings. The van der Waals surface area contributed by atoms with E-state index in [9.17, 15) is 4.79 Å². The van der Waals surface area contributed by atoms with E-state index in [1.54, 1.807) is 7.05 Å². The van der Waals surface area contributed by atoms with Crippen LogP contribution in [0, 0.1) is 0 Å². The van der Waals surface area contributed by atoms with Crippen LogP contribution in [0.1, 0.15) is 10.6 Å². The van der Waals surface area contributed by atoms with Gasteiger partial charge in [0, 0.05) is 12.4 Å². The van der Waals surface area contributed by atoms with Gasteiger partial charge >= 0.3 is 0 Å². The highest BCUT2D eigenvalue weighted by Crippen LogP contribution is 2.30. The van der Waals surface area contributed by atoms with Gasteiger partial charge < -0.3 is 9.73 Å². The summed E-state index contributed by atoms with van der Waals surface area (Å²) in [5, 5.41) is 3.43. The van der Waals surface area contributed by atoms with Crippen LogP contribution in [0.25, 0.3) is 11.0 Å². The average Bonchev–Trinajstić information content (AvgIpc) is 2.56. The Morgan fingerprint density at radius 2 is 2.14 bits per heavy atom. The van der Waals surface area contributed by atoms with Crippen LogP contribution in [0.15, 0.2) is 33.2 Å². The van der Waals surface area contributed by atoms with Crippen LogP contribution >= 0.6 is 15.9 Å². The van der Waals surface area contributed by atoms with E-state index >= 15 is 0 Å². The topological polar surface area (TPSA) is 42.2 Å². The summed E-state index contributed by atoms with van der Waals surface area (Å²) < 4.78 is 6.09. The zero-order valence-electron chi connectivity index (χ0n) is 7.50. The Labute approximate surface area is 89.2 Å². The standard InChI is InChI=1S/C10H8BrNO2/c1-12-10(13)9-8(11)6-4-2-3-5-7(6)14-9/h2-5H,1H3,(H,12,13). The van der Waals surface area contributed by atoms with Crippen molar-refractivity contribution in [3.8, 4) is 0 Å². The molecule has 0 aliphatic carbocycles. The van der Waals surface area contributed by atoms with Crippen LogP contribution in [0.5, 0.6) is 0 Å². The smallest absolute Gasteiger partial charge is 0.287 e. The molecule has 2 rings (SSSR count). The molecule has 2 aromatic rings. The Morgan fingerprint density at radius 1 is 1.43 bits per heavy atom. The van der Waals surface area contributed by atoms with Crippen molar-refractivity contribution in [2.45, 2.75) is 0 Å². The predicted molar refractivity (Wildman–Crippen MR) is 57.3 cm³/mol. The first-order chi connectivity index (χ1) is 6.74. The molecule has 72 valence electrons. The van der Waals surface area contributed by atoms with Crippen molar-refractivity contribution in [2.75, 3.05) is 7.05 Å². The number of furan rings is 1. The molecule has 0 radical (unpaired) electrons. The first-order valence-corrected chi connectivity index (χ1v) is 4.92. The third-order valence-electron chi connectivity index (χ3n) is 1.97. The minimum Gasteiger partial charge on any atom is -0.450 e. The highest BCUT2D eigenvalue weighted by Gasteiger charge is 2.16. The molecular weight excluding hydrogens is 246 g/mol. The molecule has 0 unspecified atom stereocenters. The number of hydrogen-bond acceptors (Lipinski definition) is 2. The first kappa shape index (κ1) is 9.27. The zero-order valence-corrected chi connectivity index (χ0v) is 9.09. The van der Waals surface area contributed by atoms with Crippen molar-refractivity contribution < 1.29 is 9.21 Å². The number of hydrogen-bond donors (Lipinski definition) is 1. The normalized spacial score (nSPS) is 10.4. The molecule has 0 spiro atoms. The van der Waals surface area contributed by atoms with Crippen LogP contribution in [0.3, 0.4) is 0 Å². The summed E-state index contributed by atoms with van der Waals surface area (Å²) in [5.41, 5.74) is 0.706. The molecule has 0 bridgehead atoms. The monoisotopic (exact) mass is 253 g/mol. The molecule has 0 aliphatic rings. The summed E-state index contributed by atoms with van der Waals surface area (Å²) in [6.07, 6.45) is 0. The van der Waals surface area contributed by atoms with E-state index in [-0.39, 0.29) is 5.91 Å². The quantitative estimate of drug-likeness (QED) is 0.849. The minimum absolute atomic E-state index is 0.229. The Balaban J connectivity index is 2.68. The number of benzene rings is 1. The van der Waals surface area contributed by atoms with E-state index in [1.165, 1.54) is 0 Å². The second-order valence-electron chi connectivity index (χ2n) is 2.82. The van der Waals surface area contributed by atoms with Gasteiger partial charge in [-0.15, -0.1) is 0 Å². The molecule has 14 heavy (non-hydrogen) atoms. The van der Waals surface area contributed by atoms with Crippen LogP contribution in [0.4, 0.5) is 0 Å². The molecule has 0 aliphatic heterocycles. The number of carbonyl (C=O) groups is 1. The Hall–Kier alpha value is -1.29. The Morgan fingerprint density at radius 3 is 2.79 bits per heavy atom. The van der Waals surface area contributed by atoms with E-state index in [0.29, 0.717) is 15.8 Å². The third kappa shape index (κ3) is 1.32. The van der Waals surface area contributed by atoms with Gasteiger partial charge in [-0.05, 0) is 28.1 Å². The SMILES string of the molecule is CNC(=O)c1oc2ccccc2c1Br. The lowest BCUT2D eigenvalue weighted by molar-refractivity contribution is 0.0937. The van der Waals surface area contributed by atoms with E-state index < -0.39 is 0 Å². The second-order valence-corrected chi connectivity index (χ2v) is 3.61. The maximum atomic E-state index is 11.4. The van der Waals surface area contributed by atoms with Crippen molar-refractivity contribution in [3.05, 3.63) is 34.5 Å². The van der Waals surface area contributed by atoms with Crippen molar-refractivity contribution >= 4 is 32.8 Å². The van der Waals surface area contributed by atoms with Crippen LogP contribution < -0.4 is 5.32 Å². The van der Waals surface area contributed by atoms with Crippen molar-refractivity contribution in [3.63, 3.8) is 0 Å². The van der Waals surface area contributed by atoms with Crippen molar-refractivity contribution in [1.82, 2.24) is 5.32 Å². The van der Waals surface area contributed by atoms with Gasteiger partial charge in [-0.2, -0.15) is 0 Å². The number of fused-ring (bicyclic) bond motifs is 1. The summed E-state index contributed by atoms with van der Waals surface area (Å²) in [6.45, 7) is 0. The van der Waals surface area contributed by atoms with E-state index in [2.05, 4.69) is 21.2 Å². The van der Waals surface area contributed by atoms with Gasteiger partial charge in [0.2, 0.25) is 5.76 Å². The molecule has 3 nitrogen and oxygen atoms in total. The summed E-state index contributed by atoms with van der Waals surface area (Å²) in [4.78, 5) is 11.4. The molecule has 1 N–H and O–H groups in total. The fourth-order valence-electron chi connectivity index (χ4n) is 1.27. The lowest BCUT2D eigenvalue weighted by Crippen LogP contribution is -2.17. The molecule has 0 atom stereocenters. The van der Waals surface area contributed by atoms with Crippen molar-refractivity contribution in [1.29, 1.82) is 0 Å². The number of amides is 1. The third-order valence-corrected chi connectivity index (χ3v) is 2.76. The van der Waals surface area contributed by atoms with E-state index in [0.717, 1.165) is 5.39 Å². The molecule has 4 heteroatoms. The highest BCUT2D eigenvalue weighted by molar-refractivity contribution is 9.10. The Kier molecular flexibility index (Phi) is 2.29. The molecular formula is C10H8BrNO2. The van der Waals surface area contributed by atoms with Gasteiger partial charge in [0.1, 0.15) is 5.58 Å². The molecule has 1 amide bonds. The number of halogens is 1. The van der Waals surface area contributed by atoms with Crippen LogP contribution in [-0.4, -0.2) is 13.0 Å². The van der Waals surface area contributed by atoms with Gasteiger partial charge in [0.05, 0.1) is 4.47 Å². The van der Waals surface area contributed by atoms with E-state index in [1.807, 2.05) is 24.3 Å². The first-order valence-electron chi connectivity index (χ1n) is 4.13. The average molecular weight is 254 g/mol. The van der Waals surface area contributed by atoms with E-state index in [4.69, 9.17) is 4.42 Å². The second kappa shape index (κ2) is 3.46. The maximum Gasteiger partial charge on any atom is 0.287 e. The summed E-state index contributed by atoms with van der Waals surface area (Å²) in [7, 11) is 1.57. The number of carbonyl (C=O) groups excluding carboxylic acids is 1. The van der Waals surface area contributed by atoms with Crippen LogP contribution in [-0.2, 0) is 0 Å². The molecule has 1 aromatic heterocycles. The van der Waals surface area contributed by atoms with Crippen LogP contribution in [0.2, 0.25) is 0 Å². The summed E-state index contributed by atoms with van der Waals surface area (Å²) in [5.74, 6) is 0.0850. The largest absolute Gasteiger partial charge is 0.450 e. The number of nitrogens with one attached hydrogen (secondary N) is 1. The number of para-hydroxylation sites is 1. The van der Waals surface area contributed by atoms with Gasteiger partial charge in [0.15, 0.2) is 0 Å². The van der Waals surface area contributed by atoms with Gasteiger partial charge in [-0.3, -0.25) is 4.79 Å². The molecule has 0 saturated heterocycles. The van der Waals surface area contributed by atoms with Gasteiger partial charge in [0.25, 0.3) is 5.91 Å². The van der Waals surface area contributed by atoms with Crippen molar-refractivity contribution in [2.24, 2.45) is 0 Å². The Bertz CT molecular complexity index is 490. The fraction of sp³-hybridized carbons (Fsp3) is 0.100. The van der Waals surface area contributed by atoms with Gasteiger partial charge in [-0.25, -0.2) is 0 Å². The highest BCUT2D eigenvalue weighted by atomic mass is 79.9. The summed E-state index contributed by atoms with van der Waals surface area (Å²) >= 11 is 3.34. The maximum absolute atomic E-state index is 11.4. The summed E-state index contributed by atoms with van der Waals surface area (Å²) in [6, 6.07) is 7.49. The van der Waals surface area contributed by atoms with Gasteiger partial charge in [-0.1, -0.05) is 12.1 Å². The zero-order chi connectivity index (χ0) is 10.1. The lowest BCUT2D eigenvalue weighted by Gasteiger charge is -1.93. The predicted octanol–water partition coefficient (Wildman–Crippen LogP) is 2.55. The minimum atomic E-state index is -0.229. The molecule has 1 aromatic carbocycles. The molecule has 1 heterocycles. The lowest BCUT2D eigenvalue weighted by atomic mass is 10.2. The molecule has 0 saturated carbocycles. The number of rotatable bonds is 1. The fourth-order valence-corrected chi connectivity index (χ4v) is 1.86.